The highest BCUT2D eigenvalue weighted by atomic mass is 32.2. The van der Waals surface area contributed by atoms with Gasteiger partial charge in [-0.15, -0.1) is 11.8 Å². The molecule has 0 aromatic heterocycles. The fourth-order valence-electron chi connectivity index (χ4n) is 3.38. The summed E-state index contributed by atoms with van der Waals surface area (Å²) < 4.78 is 38.6. The maximum atomic E-state index is 13.2. The summed E-state index contributed by atoms with van der Waals surface area (Å²) in [6, 6.07) is 10.5. The second kappa shape index (κ2) is 9.12. The first-order valence-corrected chi connectivity index (χ1v) is 10.7. The van der Waals surface area contributed by atoms with Crippen LogP contribution in [-0.4, -0.2) is 33.7 Å². The van der Waals surface area contributed by atoms with Gasteiger partial charge in [-0.2, -0.15) is 13.2 Å². The predicted octanol–water partition coefficient (Wildman–Crippen LogP) is 5.39. The highest BCUT2D eigenvalue weighted by Gasteiger charge is 2.43. The van der Waals surface area contributed by atoms with E-state index >= 15 is 0 Å². The summed E-state index contributed by atoms with van der Waals surface area (Å²) in [6.45, 7) is 2.09. The number of thioether (sulfide) groups is 1. The predicted molar refractivity (Wildman–Crippen MR) is 109 cm³/mol. The van der Waals surface area contributed by atoms with Crippen LogP contribution in [0.15, 0.2) is 48.5 Å². The number of rotatable bonds is 6. The molecular weight excluding hydrogens is 415 g/mol. The molecule has 1 N–H and O–H groups in total. The van der Waals surface area contributed by atoms with Crippen LogP contribution in [0.2, 0.25) is 0 Å². The summed E-state index contributed by atoms with van der Waals surface area (Å²) in [5.74, 6) is -1.41. The van der Waals surface area contributed by atoms with E-state index in [0.29, 0.717) is 11.1 Å². The quantitative estimate of drug-likeness (QED) is 0.658. The minimum absolute atomic E-state index is 0.168. The summed E-state index contributed by atoms with van der Waals surface area (Å²) in [4.78, 5) is 26.2. The summed E-state index contributed by atoms with van der Waals surface area (Å²) >= 11 is 1.23. The Morgan fingerprint density at radius 3 is 2.27 bits per heavy atom. The smallest absolute Gasteiger partial charge is 0.416 e. The first-order chi connectivity index (χ1) is 14.2. The summed E-state index contributed by atoms with van der Waals surface area (Å²) in [6.07, 6.45) is -1.47. The minimum Gasteiger partial charge on any atom is -0.480 e. The Bertz CT molecular complexity index is 897. The number of unbranched alkanes of at least 4 members (excludes halogenated alkanes) is 1. The van der Waals surface area contributed by atoms with E-state index in [1.165, 1.54) is 28.8 Å². The molecular formula is C22H22F3NO3S. The van der Waals surface area contributed by atoms with E-state index in [0.717, 1.165) is 37.0 Å². The number of hydrogen-bond donors (Lipinski definition) is 1. The topological polar surface area (TPSA) is 57.6 Å². The van der Waals surface area contributed by atoms with E-state index in [4.69, 9.17) is 0 Å². The highest BCUT2D eigenvalue weighted by Crippen LogP contribution is 2.43. The van der Waals surface area contributed by atoms with Gasteiger partial charge >= 0.3 is 12.1 Å². The van der Waals surface area contributed by atoms with Crippen molar-refractivity contribution < 1.29 is 27.9 Å². The molecule has 1 saturated heterocycles. The number of carbonyl (C=O) groups is 2. The number of halogens is 3. The van der Waals surface area contributed by atoms with Gasteiger partial charge in [0.2, 0.25) is 0 Å². The summed E-state index contributed by atoms with van der Waals surface area (Å²) in [5.41, 5.74) is 1.13. The molecule has 160 valence electrons. The minimum atomic E-state index is -4.46. The first kappa shape index (κ1) is 22.2. The lowest BCUT2D eigenvalue weighted by atomic mass is 10.0. The Morgan fingerprint density at radius 1 is 1.10 bits per heavy atom. The van der Waals surface area contributed by atoms with E-state index in [1.54, 1.807) is 12.1 Å². The lowest BCUT2D eigenvalue weighted by Gasteiger charge is -2.28. The first-order valence-electron chi connectivity index (χ1n) is 9.65. The molecule has 1 amide bonds. The van der Waals surface area contributed by atoms with Gasteiger partial charge < -0.3 is 10.0 Å². The molecule has 2 atom stereocenters. The molecule has 1 aliphatic rings. The van der Waals surface area contributed by atoms with Crippen molar-refractivity contribution in [1.29, 1.82) is 0 Å². The van der Waals surface area contributed by atoms with Gasteiger partial charge in [-0.3, -0.25) is 4.79 Å². The van der Waals surface area contributed by atoms with E-state index in [9.17, 15) is 27.9 Å². The third kappa shape index (κ3) is 4.80. The number of alkyl halides is 3. The van der Waals surface area contributed by atoms with Gasteiger partial charge in [-0.05, 0) is 48.2 Å². The Morgan fingerprint density at radius 2 is 1.73 bits per heavy atom. The standard InChI is InChI=1S/C22H22F3NO3S/c1-2-3-4-14-5-7-15(8-6-14)19(27)26-18(21(28)29)13-30-20(26)16-9-11-17(12-10-16)22(23,24)25/h5-12,18,20H,2-4,13H2,1H3,(H,28,29). The summed E-state index contributed by atoms with van der Waals surface area (Å²) in [5, 5.41) is 8.91. The number of aryl methyl sites for hydroxylation is 1. The SMILES string of the molecule is CCCCc1ccc(C(=O)N2C(C(=O)O)CSC2c2ccc(C(F)(F)F)cc2)cc1. The van der Waals surface area contributed by atoms with E-state index < -0.39 is 35.0 Å². The maximum absolute atomic E-state index is 13.2. The molecule has 2 aromatic rings. The Kier molecular flexibility index (Phi) is 6.75. The van der Waals surface area contributed by atoms with Crippen molar-refractivity contribution in [3.05, 3.63) is 70.8 Å². The zero-order valence-electron chi connectivity index (χ0n) is 16.4. The van der Waals surface area contributed by atoms with Crippen molar-refractivity contribution in [3.8, 4) is 0 Å². The molecule has 1 aliphatic heterocycles. The van der Waals surface area contributed by atoms with Gasteiger partial charge in [-0.25, -0.2) is 4.79 Å². The van der Waals surface area contributed by atoms with E-state index in [2.05, 4.69) is 6.92 Å². The van der Waals surface area contributed by atoms with Crippen molar-refractivity contribution in [3.63, 3.8) is 0 Å². The van der Waals surface area contributed by atoms with Crippen LogP contribution in [0.1, 0.15) is 52.2 Å². The van der Waals surface area contributed by atoms with Gasteiger partial charge in [0.25, 0.3) is 5.91 Å². The third-order valence-electron chi connectivity index (χ3n) is 5.06. The Hall–Kier alpha value is -2.48. The van der Waals surface area contributed by atoms with Crippen molar-refractivity contribution in [1.82, 2.24) is 4.90 Å². The molecule has 0 saturated carbocycles. The summed E-state index contributed by atoms with van der Waals surface area (Å²) in [7, 11) is 0. The fourth-order valence-corrected chi connectivity index (χ4v) is 4.80. The van der Waals surface area contributed by atoms with Crippen LogP contribution in [0.4, 0.5) is 13.2 Å². The van der Waals surface area contributed by atoms with Crippen LogP contribution < -0.4 is 0 Å². The number of carbonyl (C=O) groups excluding carboxylic acids is 1. The van der Waals surface area contributed by atoms with Crippen molar-refractivity contribution >= 4 is 23.6 Å². The van der Waals surface area contributed by atoms with E-state index in [-0.39, 0.29) is 5.75 Å². The van der Waals surface area contributed by atoms with E-state index in [1.807, 2.05) is 12.1 Å². The van der Waals surface area contributed by atoms with Crippen molar-refractivity contribution in [2.24, 2.45) is 0 Å². The van der Waals surface area contributed by atoms with Crippen LogP contribution in [-0.2, 0) is 17.4 Å². The second-order valence-corrected chi connectivity index (χ2v) is 8.29. The van der Waals surface area contributed by atoms with Crippen LogP contribution >= 0.6 is 11.8 Å². The van der Waals surface area contributed by atoms with Crippen molar-refractivity contribution in [2.45, 2.75) is 43.8 Å². The number of benzene rings is 2. The molecule has 0 spiro atoms. The number of carboxylic acids is 1. The van der Waals surface area contributed by atoms with Crippen molar-refractivity contribution in [2.75, 3.05) is 5.75 Å². The van der Waals surface area contributed by atoms with Gasteiger partial charge in [-0.1, -0.05) is 37.6 Å². The average Bonchev–Trinajstić information content (AvgIpc) is 3.17. The second-order valence-electron chi connectivity index (χ2n) is 7.17. The Labute approximate surface area is 177 Å². The Balaban J connectivity index is 1.87. The molecule has 30 heavy (non-hydrogen) atoms. The average molecular weight is 437 g/mol. The largest absolute Gasteiger partial charge is 0.480 e. The fraction of sp³-hybridized carbons (Fsp3) is 0.364. The maximum Gasteiger partial charge on any atom is 0.416 e. The zero-order chi connectivity index (χ0) is 21.9. The molecule has 4 nitrogen and oxygen atoms in total. The molecule has 1 heterocycles. The van der Waals surface area contributed by atoms with Crippen LogP contribution in [0, 0.1) is 0 Å². The van der Waals surface area contributed by atoms with Crippen LogP contribution in [0.3, 0.4) is 0 Å². The molecule has 0 bridgehead atoms. The number of amides is 1. The molecule has 2 aromatic carbocycles. The highest BCUT2D eigenvalue weighted by molar-refractivity contribution is 7.99. The van der Waals surface area contributed by atoms with Crippen LogP contribution in [0.5, 0.6) is 0 Å². The van der Waals surface area contributed by atoms with Crippen LogP contribution in [0.25, 0.3) is 0 Å². The lowest BCUT2D eigenvalue weighted by Crippen LogP contribution is -2.43. The molecule has 2 unspecified atom stereocenters. The number of nitrogens with zero attached hydrogens (tertiary/aromatic N) is 1. The van der Waals surface area contributed by atoms with Gasteiger partial charge in [0.1, 0.15) is 11.4 Å². The number of aliphatic carboxylic acids is 1. The van der Waals surface area contributed by atoms with Gasteiger partial charge in [0.05, 0.1) is 5.56 Å². The molecule has 0 aliphatic carbocycles. The molecule has 8 heteroatoms. The molecule has 1 fully saturated rings. The number of hydrogen-bond acceptors (Lipinski definition) is 3. The van der Waals surface area contributed by atoms with Gasteiger partial charge in [0, 0.05) is 11.3 Å². The normalized spacial score (nSPS) is 19.1. The monoisotopic (exact) mass is 437 g/mol. The third-order valence-corrected chi connectivity index (χ3v) is 6.39. The lowest BCUT2D eigenvalue weighted by molar-refractivity contribution is -0.141. The van der Waals surface area contributed by atoms with Gasteiger partial charge in [0.15, 0.2) is 0 Å². The molecule has 0 radical (unpaired) electrons. The zero-order valence-corrected chi connectivity index (χ0v) is 17.2. The molecule has 3 rings (SSSR count). The number of carboxylic acid groups (broad SMARTS) is 1.